The molecule has 0 fully saturated rings. The number of pyridine rings is 2. The molecule has 8 nitrogen and oxygen atoms in total. The number of aryl methyl sites for hydroxylation is 2. The molecule has 0 saturated heterocycles. The molecule has 5 rings (SSSR count). The van der Waals surface area contributed by atoms with Crippen LogP contribution in [0.3, 0.4) is 0 Å². The molecule has 0 aliphatic carbocycles. The number of ether oxygens (including phenoxy) is 1. The third-order valence-electron chi connectivity index (χ3n) is 5.44. The zero-order valence-corrected chi connectivity index (χ0v) is 19.5. The molecule has 0 atom stereocenters. The van der Waals surface area contributed by atoms with Crippen molar-refractivity contribution in [2.75, 3.05) is 7.11 Å². The first-order valence-electron chi connectivity index (χ1n) is 10.3. The predicted molar refractivity (Wildman–Crippen MR) is 124 cm³/mol. The van der Waals surface area contributed by atoms with Gasteiger partial charge in [-0.25, -0.2) is 15.0 Å². The van der Waals surface area contributed by atoms with Crippen LogP contribution in [0.15, 0.2) is 63.6 Å². The van der Waals surface area contributed by atoms with Gasteiger partial charge in [-0.2, -0.15) is 13.2 Å². The van der Waals surface area contributed by atoms with Gasteiger partial charge >= 0.3 is 6.18 Å². The highest BCUT2D eigenvalue weighted by Gasteiger charge is 2.35. The molecule has 4 heterocycles. The lowest BCUT2D eigenvalue weighted by Gasteiger charge is -2.14. The molecule has 0 saturated carbocycles. The second kappa shape index (κ2) is 8.38. The lowest BCUT2D eigenvalue weighted by atomic mass is 10.2. The summed E-state index contributed by atoms with van der Waals surface area (Å²) in [7, 11) is 3.26. The lowest BCUT2D eigenvalue weighted by Crippen LogP contribution is -2.23. The van der Waals surface area contributed by atoms with E-state index in [1.807, 2.05) is 12.1 Å². The minimum Gasteiger partial charge on any atom is -0.497 e. The van der Waals surface area contributed by atoms with Crippen molar-refractivity contribution in [1.29, 1.82) is 0 Å². The van der Waals surface area contributed by atoms with Crippen molar-refractivity contribution in [3.63, 3.8) is 0 Å². The molecule has 4 aromatic heterocycles. The van der Waals surface area contributed by atoms with Crippen LogP contribution in [0.4, 0.5) is 13.2 Å². The van der Waals surface area contributed by atoms with Gasteiger partial charge in [-0.15, -0.1) is 0 Å². The SMILES string of the molecule is COc1ccc(Sc2nc3c(=O)n(-c4cccnc4C)c4nc(C(F)(F)F)ncc4c3n2C)cc1. The first-order valence-corrected chi connectivity index (χ1v) is 11.1. The smallest absolute Gasteiger partial charge is 0.451 e. The van der Waals surface area contributed by atoms with Crippen molar-refractivity contribution in [1.82, 2.24) is 29.1 Å². The normalized spacial score (nSPS) is 11.9. The van der Waals surface area contributed by atoms with E-state index in [9.17, 15) is 18.0 Å². The Labute approximate surface area is 200 Å². The summed E-state index contributed by atoms with van der Waals surface area (Å²) in [5, 5.41) is 0.733. The summed E-state index contributed by atoms with van der Waals surface area (Å²) >= 11 is 1.30. The van der Waals surface area contributed by atoms with E-state index in [0.29, 0.717) is 27.8 Å². The quantitative estimate of drug-likeness (QED) is 0.359. The summed E-state index contributed by atoms with van der Waals surface area (Å²) in [5.74, 6) is -0.647. The highest BCUT2D eigenvalue weighted by Crippen LogP contribution is 2.34. The number of rotatable bonds is 4. The minimum absolute atomic E-state index is 0.0858. The number of methoxy groups -OCH3 is 1. The van der Waals surface area contributed by atoms with Crippen molar-refractivity contribution in [3.8, 4) is 11.4 Å². The fraction of sp³-hybridized carbons (Fsp3) is 0.174. The van der Waals surface area contributed by atoms with Crippen molar-refractivity contribution >= 4 is 33.8 Å². The molecule has 0 radical (unpaired) electrons. The Kier molecular flexibility index (Phi) is 5.47. The summed E-state index contributed by atoms with van der Waals surface area (Å²) in [6.45, 7) is 1.66. The van der Waals surface area contributed by atoms with Gasteiger partial charge in [-0.3, -0.25) is 14.3 Å². The van der Waals surface area contributed by atoms with E-state index in [4.69, 9.17) is 4.74 Å². The number of imidazole rings is 1. The Morgan fingerprint density at radius 3 is 2.46 bits per heavy atom. The first-order chi connectivity index (χ1) is 16.7. The molecule has 0 bridgehead atoms. The van der Waals surface area contributed by atoms with Gasteiger partial charge in [0.05, 0.1) is 29.4 Å². The van der Waals surface area contributed by atoms with Crippen LogP contribution in [0.25, 0.3) is 27.8 Å². The molecule has 5 aromatic rings. The monoisotopic (exact) mass is 498 g/mol. The number of halogens is 3. The Balaban J connectivity index is 1.81. The molecule has 0 spiro atoms. The van der Waals surface area contributed by atoms with Gasteiger partial charge in [-0.05, 0) is 43.3 Å². The van der Waals surface area contributed by atoms with E-state index >= 15 is 0 Å². The number of alkyl halides is 3. The van der Waals surface area contributed by atoms with Gasteiger partial charge in [0, 0.05) is 24.3 Å². The third-order valence-corrected chi connectivity index (χ3v) is 6.49. The van der Waals surface area contributed by atoms with E-state index in [1.54, 1.807) is 49.9 Å². The van der Waals surface area contributed by atoms with Gasteiger partial charge < -0.3 is 9.30 Å². The number of hydrogen-bond acceptors (Lipinski definition) is 7. The lowest BCUT2D eigenvalue weighted by molar-refractivity contribution is -0.144. The molecule has 35 heavy (non-hydrogen) atoms. The van der Waals surface area contributed by atoms with E-state index in [0.717, 1.165) is 15.7 Å². The van der Waals surface area contributed by atoms with Crippen LogP contribution in [0.5, 0.6) is 5.75 Å². The highest BCUT2D eigenvalue weighted by atomic mass is 32.2. The molecular weight excluding hydrogens is 481 g/mol. The zero-order chi connectivity index (χ0) is 24.9. The Morgan fingerprint density at radius 2 is 1.80 bits per heavy atom. The molecule has 12 heteroatoms. The van der Waals surface area contributed by atoms with Crippen LogP contribution in [0.2, 0.25) is 0 Å². The van der Waals surface area contributed by atoms with Crippen LogP contribution in [-0.2, 0) is 13.2 Å². The van der Waals surface area contributed by atoms with Gasteiger partial charge in [0.2, 0.25) is 5.82 Å². The van der Waals surface area contributed by atoms with E-state index in [1.165, 1.54) is 18.0 Å². The number of hydrogen-bond donors (Lipinski definition) is 0. The molecule has 0 N–H and O–H groups in total. The number of fused-ring (bicyclic) bond motifs is 3. The second-order valence-electron chi connectivity index (χ2n) is 7.61. The minimum atomic E-state index is -4.78. The standard InChI is InChI=1S/C23H17F3N6O2S/c1-12-16(5-4-10-27-12)32-19-15(11-28-21(30-19)23(24,25)26)18-17(20(32)33)29-22(31(18)2)35-14-8-6-13(34-3)7-9-14/h4-11H,1-3H3. The maximum atomic E-state index is 13.6. The van der Waals surface area contributed by atoms with Crippen LogP contribution in [0.1, 0.15) is 11.5 Å². The fourth-order valence-electron chi connectivity index (χ4n) is 3.76. The van der Waals surface area contributed by atoms with Crippen molar-refractivity contribution in [2.24, 2.45) is 7.05 Å². The number of aromatic nitrogens is 6. The van der Waals surface area contributed by atoms with Crippen LogP contribution < -0.4 is 10.3 Å². The maximum Gasteiger partial charge on any atom is 0.451 e. The van der Waals surface area contributed by atoms with Gasteiger partial charge in [-0.1, -0.05) is 11.8 Å². The summed E-state index contributed by atoms with van der Waals surface area (Å²) in [6, 6.07) is 10.5. The molecule has 0 aliphatic heterocycles. The second-order valence-corrected chi connectivity index (χ2v) is 8.65. The van der Waals surface area contributed by atoms with Crippen molar-refractivity contribution in [2.45, 2.75) is 23.2 Å². The molecule has 0 aliphatic rings. The Morgan fingerprint density at radius 1 is 1.06 bits per heavy atom. The van der Waals surface area contributed by atoms with Crippen molar-refractivity contribution in [3.05, 3.63) is 70.7 Å². The highest BCUT2D eigenvalue weighted by molar-refractivity contribution is 7.99. The number of nitrogens with zero attached hydrogens (tertiary/aromatic N) is 6. The van der Waals surface area contributed by atoms with E-state index < -0.39 is 17.6 Å². The largest absolute Gasteiger partial charge is 0.497 e. The molecular formula is C23H17F3N6O2S. The summed E-state index contributed by atoms with van der Waals surface area (Å²) in [4.78, 5) is 30.5. The van der Waals surface area contributed by atoms with Gasteiger partial charge in [0.1, 0.15) is 5.75 Å². The zero-order valence-electron chi connectivity index (χ0n) is 18.7. The summed E-state index contributed by atoms with van der Waals surface area (Å²) in [6.07, 6.45) is -2.17. The molecule has 1 aromatic carbocycles. The topological polar surface area (TPSA) is 87.7 Å². The fourth-order valence-corrected chi connectivity index (χ4v) is 4.61. The summed E-state index contributed by atoms with van der Waals surface area (Å²) < 4.78 is 48.4. The molecule has 0 amide bonds. The number of benzene rings is 1. The van der Waals surface area contributed by atoms with E-state index in [-0.39, 0.29) is 16.6 Å². The van der Waals surface area contributed by atoms with E-state index in [2.05, 4.69) is 19.9 Å². The van der Waals surface area contributed by atoms with Gasteiger partial charge in [0.15, 0.2) is 16.3 Å². The molecule has 0 unspecified atom stereocenters. The van der Waals surface area contributed by atoms with Crippen LogP contribution >= 0.6 is 11.8 Å². The van der Waals surface area contributed by atoms with Crippen LogP contribution in [0, 0.1) is 6.92 Å². The Bertz CT molecular complexity index is 1640. The average molecular weight is 498 g/mol. The third kappa shape index (κ3) is 3.89. The van der Waals surface area contributed by atoms with Crippen LogP contribution in [-0.4, -0.2) is 36.2 Å². The van der Waals surface area contributed by atoms with Gasteiger partial charge in [0.25, 0.3) is 5.56 Å². The summed E-state index contributed by atoms with van der Waals surface area (Å²) in [5.41, 5.74) is 0.407. The average Bonchev–Trinajstić information content (AvgIpc) is 3.16. The first kappa shape index (κ1) is 22.8. The molecule has 178 valence electrons. The Hall–Kier alpha value is -3.93. The predicted octanol–water partition coefficient (Wildman–Crippen LogP) is 4.55. The van der Waals surface area contributed by atoms with Crippen molar-refractivity contribution < 1.29 is 17.9 Å². The maximum absolute atomic E-state index is 13.6.